The molecule has 0 fully saturated rings. The number of anilines is 2. The Balaban J connectivity index is 1.84. The van der Waals surface area contributed by atoms with Gasteiger partial charge in [0.15, 0.2) is 5.13 Å². The summed E-state index contributed by atoms with van der Waals surface area (Å²) in [6, 6.07) is 5.03. The van der Waals surface area contributed by atoms with Crippen molar-refractivity contribution in [3.05, 3.63) is 39.4 Å². The van der Waals surface area contributed by atoms with Crippen LogP contribution in [0.15, 0.2) is 18.2 Å². The third kappa shape index (κ3) is 2.51. The summed E-state index contributed by atoms with van der Waals surface area (Å²) >= 11 is 7.58. The van der Waals surface area contributed by atoms with Crippen molar-refractivity contribution in [3.63, 3.8) is 0 Å². The molecule has 1 heterocycles. The molecule has 3 rings (SSSR count). The standard InChI is InChI=1S/C14H14ClN3OS/c15-8-4-3-5-9(16)12(8)13(19)18-14-17-10-6-1-2-7-11(10)20-14/h3-5H,1-2,6-7,16H2,(H,17,18,19). The number of aromatic nitrogens is 1. The first-order valence-corrected chi connectivity index (χ1v) is 7.68. The largest absolute Gasteiger partial charge is 0.398 e. The molecule has 104 valence electrons. The molecule has 1 aliphatic rings. The molecule has 0 aliphatic heterocycles. The highest BCUT2D eigenvalue weighted by Crippen LogP contribution is 2.30. The number of nitrogens with zero attached hydrogens (tertiary/aromatic N) is 1. The fourth-order valence-corrected chi connectivity index (χ4v) is 3.66. The lowest BCUT2D eigenvalue weighted by Crippen LogP contribution is -2.14. The molecular formula is C14H14ClN3OS. The third-order valence-corrected chi connectivity index (χ3v) is 4.73. The third-order valence-electron chi connectivity index (χ3n) is 3.34. The number of nitrogen functional groups attached to an aromatic ring is 1. The van der Waals surface area contributed by atoms with Crippen LogP contribution in [0.3, 0.4) is 0 Å². The summed E-state index contributed by atoms with van der Waals surface area (Å²) in [7, 11) is 0. The van der Waals surface area contributed by atoms with E-state index in [4.69, 9.17) is 17.3 Å². The maximum Gasteiger partial charge on any atom is 0.261 e. The van der Waals surface area contributed by atoms with Gasteiger partial charge >= 0.3 is 0 Å². The van der Waals surface area contributed by atoms with Crippen LogP contribution in [0.25, 0.3) is 0 Å². The molecule has 0 spiro atoms. The van der Waals surface area contributed by atoms with Crippen molar-refractivity contribution in [2.24, 2.45) is 0 Å². The molecule has 0 unspecified atom stereocenters. The lowest BCUT2D eigenvalue weighted by Gasteiger charge is -2.07. The fraction of sp³-hybridized carbons (Fsp3) is 0.286. The summed E-state index contributed by atoms with van der Waals surface area (Å²) in [4.78, 5) is 18.0. The van der Waals surface area contributed by atoms with E-state index in [0.29, 0.717) is 21.4 Å². The predicted octanol–water partition coefficient (Wildman–Crippen LogP) is 3.51. The first-order valence-electron chi connectivity index (χ1n) is 6.49. The fourth-order valence-electron chi connectivity index (χ4n) is 2.35. The van der Waals surface area contributed by atoms with Gasteiger partial charge in [-0.3, -0.25) is 10.1 Å². The minimum Gasteiger partial charge on any atom is -0.398 e. The molecule has 1 aromatic heterocycles. The Hall–Kier alpha value is -1.59. The highest BCUT2D eigenvalue weighted by molar-refractivity contribution is 7.15. The van der Waals surface area contributed by atoms with Gasteiger partial charge in [0, 0.05) is 10.6 Å². The van der Waals surface area contributed by atoms with Crippen molar-refractivity contribution in [3.8, 4) is 0 Å². The molecule has 0 bridgehead atoms. The van der Waals surface area contributed by atoms with Crippen LogP contribution in [0.4, 0.5) is 10.8 Å². The molecule has 0 atom stereocenters. The molecule has 4 nitrogen and oxygen atoms in total. The zero-order valence-corrected chi connectivity index (χ0v) is 12.4. The maximum atomic E-state index is 12.3. The predicted molar refractivity (Wildman–Crippen MR) is 82.6 cm³/mol. The average Bonchev–Trinajstić information content (AvgIpc) is 2.80. The highest BCUT2D eigenvalue weighted by atomic mass is 35.5. The number of aryl methyl sites for hydroxylation is 2. The number of benzene rings is 1. The van der Waals surface area contributed by atoms with Gasteiger partial charge in [0.25, 0.3) is 5.91 Å². The van der Waals surface area contributed by atoms with Crippen LogP contribution in [0.2, 0.25) is 5.02 Å². The first-order chi connectivity index (χ1) is 9.65. The van der Waals surface area contributed by atoms with Crippen LogP contribution < -0.4 is 11.1 Å². The lowest BCUT2D eigenvalue weighted by atomic mass is 10.0. The number of hydrogen-bond donors (Lipinski definition) is 2. The van der Waals surface area contributed by atoms with Gasteiger partial charge in [-0.1, -0.05) is 17.7 Å². The van der Waals surface area contributed by atoms with Crippen molar-refractivity contribution >= 4 is 39.7 Å². The van der Waals surface area contributed by atoms with Crippen molar-refractivity contribution in [1.29, 1.82) is 0 Å². The monoisotopic (exact) mass is 307 g/mol. The van der Waals surface area contributed by atoms with Crippen LogP contribution in [0.1, 0.15) is 33.8 Å². The summed E-state index contributed by atoms with van der Waals surface area (Å²) in [6.45, 7) is 0. The Morgan fingerprint density at radius 3 is 2.90 bits per heavy atom. The van der Waals surface area contributed by atoms with E-state index in [9.17, 15) is 4.79 Å². The summed E-state index contributed by atoms with van der Waals surface area (Å²) in [5.41, 5.74) is 7.60. The van der Waals surface area contributed by atoms with E-state index in [2.05, 4.69) is 10.3 Å². The topological polar surface area (TPSA) is 68.0 Å². The molecule has 1 amide bonds. The van der Waals surface area contributed by atoms with E-state index < -0.39 is 0 Å². The zero-order chi connectivity index (χ0) is 14.1. The van der Waals surface area contributed by atoms with Crippen LogP contribution in [0.5, 0.6) is 0 Å². The van der Waals surface area contributed by atoms with Crippen molar-refractivity contribution in [2.45, 2.75) is 25.7 Å². The van der Waals surface area contributed by atoms with Gasteiger partial charge in [-0.05, 0) is 37.8 Å². The van der Waals surface area contributed by atoms with Crippen molar-refractivity contribution in [1.82, 2.24) is 4.98 Å². The Morgan fingerprint density at radius 1 is 1.35 bits per heavy atom. The van der Waals surface area contributed by atoms with Crippen LogP contribution in [-0.4, -0.2) is 10.9 Å². The molecule has 0 saturated heterocycles. The van der Waals surface area contributed by atoms with Gasteiger partial charge < -0.3 is 5.73 Å². The van der Waals surface area contributed by atoms with Gasteiger partial charge in [0.1, 0.15) is 0 Å². The van der Waals surface area contributed by atoms with E-state index >= 15 is 0 Å². The number of carbonyl (C=O) groups excluding carboxylic acids is 1. The quantitative estimate of drug-likeness (QED) is 0.834. The molecule has 0 saturated carbocycles. The minimum atomic E-state index is -0.306. The zero-order valence-electron chi connectivity index (χ0n) is 10.8. The van der Waals surface area contributed by atoms with Gasteiger partial charge in [-0.25, -0.2) is 4.98 Å². The van der Waals surface area contributed by atoms with Crippen LogP contribution in [-0.2, 0) is 12.8 Å². The Labute approximate surface area is 126 Å². The Kier molecular flexibility index (Phi) is 3.63. The van der Waals surface area contributed by atoms with E-state index in [1.165, 1.54) is 17.7 Å². The van der Waals surface area contributed by atoms with Gasteiger partial charge in [-0.15, -0.1) is 11.3 Å². The second-order valence-electron chi connectivity index (χ2n) is 4.75. The number of rotatable bonds is 2. The first kappa shape index (κ1) is 13.4. The average molecular weight is 308 g/mol. The number of carbonyl (C=O) groups is 1. The SMILES string of the molecule is Nc1cccc(Cl)c1C(=O)Nc1nc2c(s1)CCCC2. The Morgan fingerprint density at radius 2 is 2.15 bits per heavy atom. The summed E-state index contributed by atoms with van der Waals surface area (Å²) in [5, 5.41) is 3.78. The molecule has 1 aliphatic carbocycles. The number of nitrogens with two attached hydrogens (primary N) is 1. The maximum absolute atomic E-state index is 12.3. The molecular weight excluding hydrogens is 294 g/mol. The summed E-state index contributed by atoms with van der Waals surface area (Å²) in [5.74, 6) is -0.306. The lowest BCUT2D eigenvalue weighted by molar-refractivity contribution is 0.102. The van der Waals surface area contributed by atoms with Crippen LogP contribution in [0, 0.1) is 0 Å². The summed E-state index contributed by atoms with van der Waals surface area (Å²) < 4.78 is 0. The molecule has 1 aromatic carbocycles. The smallest absolute Gasteiger partial charge is 0.261 e. The molecule has 3 N–H and O–H groups in total. The molecule has 6 heteroatoms. The van der Waals surface area contributed by atoms with E-state index in [1.54, 1.807) is 29.5 Å². The van der Waals surface area contributed by atoms with E-state index in [0.717, 1.165) is 18.5 Å². The normalized spacial score (nSPS) is 13.8. The molecule has 20 heavy (non-hydrogen) atoms. The Bertz CT molecular complexity index is 625. The van der Waals surface area contributed by atoms with Gasteiger partial charge in [-0.2, -0.15) is 0 Å². The number of thiazole rings is 1. The van der Waals surface area contributed by atoms with Gasteiger partial charge in [0.2, 0.25) is 0 Å². The van der Waals surface area contributed by atoms with E-state index in [1.807, 2.05) is 0 Å². The second kappa shape index (κ2) is 5.42. The van der Waals surface area contributed by atoms with E-state index in [-0.39, 0.29) is 5.91 Å². The van der Waals surface area contributed by atoms with Crippen molar-refractivity contribution in [2.75, 3.05) is 11.1 Å². The minimum absolute atomic E-state index is 0.306. The second-order valence-corrected chi connectivity index (χ2v) is 6.25. The number of nitrogens with one attached hydrogen (secondary N) is 1. The molecule has 2 aromatic rings. The number of fused-ring (bicyclic) bond motifs is 1. The van der Waals surface area contributed by atoms with Crippen molar-refractivity contribution < 1.29 is 4.79 Å². The molecule has 0 radical (unpaired) electrons. The number of hydrogen-bond acceptors (Lipinski definition) is 4. The number of halogens is 1. The summed E-state index contributed by atoms with van der Waals surface area (Å²) in [6.07, 6.45) is 4.41. The highest BCUT2D eigenvalue weighted by Gasteiger charge is 2.19. The van der Waals surface area contributed by atoms with Gasteiger partial charge in [0.05, 0.1) is 16.3 Å². The number of amides is 1. The van der Waals surface area contributed by atoms with Crippen LogP contribution >= 0.6 is 22.9 Å².